The van der Waals surface area contributed by atoms with Crippen molar-refractivity contribution in [3.05, 3.63) is 57.2 Å². The maximum atomic E-state index is 12.1. The third-order valence-corrected chi connectivity index (χ3v) is 3.74. The summed E-state index contributed by atoms with van der Waals surface area (Å²) in [5.41, 5.74) is 1.38. The van der Waals surface area contributed by atoms with Crippen LogP contribution in [0.2, 0.25) is 0 Å². The van der Waals surface area contributed by atoms with Crippen LogP contribution in [0.3, 0.4) is 0 Å². The predicted octanol–water partition coefficient (Wildman–Crippen LogP) is 3.82. The minimum absolute atomic E-state index is 0.0344. The van der Waals surface area contributed by atoms with Gasteiger partial charge in [0.15, 0.2) is 5.78 Å². The van der Waals surface area contributed by atoms with Crippen molar-refractivity contribution in [1.82, 2.24) is 0 Å². The van der Waals surface area contributed by atoms with Gasteiger partial charge in [-0.1, -0.05) is 12.1 Å². The number of carbonyl (C=O) groups excluding carboxylic acids is 1. The summed E-state index contributed by atoms with van der Waals surface area (Å²) in [5.74, 6) is 0.756. The van der Waals surface area contributed by atoms with Crippen LogP contribution in [-0.2, 0) is 6.42 Å². The lowest BCUT2D eigenvalue weighted by atomic mass is 10.0. The van der Waals surface area contributed by atoms with Gasteiger partial charge in [-0.25, -0.2) is 0 Å². The first kappa shape index (κ1) is 14.8. The molecule has 0 aromatic heterocycles. The summed E-state index contributed by atoms with van der Waals surface area (Å²) in [5, 5.41) is 9.68. The number of aryl methyl sites for hydroxylation is 1. The van der Waals surface area contributed by atoms with Crippen LogP contribution in [0.15, 0.2) is 42.5 Å². The van der Waals surface area contributed by atoms with Gasteiger partial charge in [0.05, 0.1) is 12.7 Å². The van der Waals surface area contributed by atoms with Crippen LogP contribution in [0.4, 0.5) is 0 Å². The zero-order valence-corrected chi connectivity index (χ0v) is 13.3. The van der Waals surface area contributed by atoms with Gasteiger partial charge in [0, 0.05) is 9.99 Å². The number of ether oxygens (including phenoxy) is 1. The summed E-state index contributed by atoms with van der Waals surface area (Å²) in [6, 6.07) is 12.5. The molecule has 2 aromatic rings. The topological polar surface area (TPSA) is 46.5 Å². The third kappa shape index (κ3) is 3.50. The molecule has 0 bridgehead atoms. The lowest BCUT2D eigenvalue weighted by Gasteiger charge is -2.09. The molecule has 0 aliphatic rings. The number of benzene rings is 2. The molecule has 3 nitrogen and oxygen atoms in total. The second-order valence-electron chi connectivity index (χ2n) is 4.40. The number of para-hydroxylation sites is 1. The molecule has 0 atom stereocenters. The number of phenols is 1. The molecule has 104 valence electrons. The zero-order chi connectivity index (χ0) is 14.5. The zero-order valence-electron chi connectivity index (χ0n) is 11.1. The Morgan fingerprint density at radius 2 is 2.00 bits per heavy atom. The van der Waals surface area contributed by atoms with Crippen LogP contribution in [0.5, 0.6) is 11.5 Å². The lowest BCUT2D eigenvalue weighted by Crippen LogP contribution is -2.03. The van der Waals surface area contributed by atoms with E-state index in [1.54, 1.807) is 25.3 Å². The van der Waals surface area contributed by atoms with Gasteiger partial charge < -0.3 is 9.84 Å². The highest BCUT2D eigenvalue weighted by Gasteiger charge is 2.12. The van der Waals surface area contributed by atoms with Crippen LogP contribution in [0.25, 0.3) is 0 Å². The van der Waals surface area contributed by atoms with Crippen molar-refractivity contribution in [3.8, 4) is 11.5 Å². The van der Waals surface area contributed by atoms with E-state index in [2.05, 4.69) is 22.6 Å². The Labute approximate surface area is 131 Å². The molecule has 20 heavy (non-hydrogen) atoms. The van der Waals surface area contributed by atoms with E-state index in [-0.39, 0.29) is 11.5 Å². The van der Waals surface area contributed by atoms with Crippen molar-refractivity contribution in [2.24, 2.45) is 0 Å². The number of methoxy groups -OCH3 is 1. The molecule has 4 heteroatoms. The highest BCUT2D eigenvalue weighted by atomic mass is 127. The minimum Gasteiger partial charge on any atom is -0.507 e. The number of phenolic OH excluding ortho intramolecular Hbond substituents is 1. The van der Waals surface area contributed by atoms with Crippen molar-refractivity contribution in [2.75, 3.05) is 7.11 Å². The van der Waals surface area contributed by atoms with E-state index < -0.39 is 0 Å². The second-order valence-corrected chi connectivity index (χ2v) is 5.64. The summed E-state index contributed by atoms with van der Waals surface area (Å²) >= 11 is 2.23. The predicted molar refractivity (Wildman–Crippen MR) is 86.5 cm³/mol. The largest absolute Gasteiger partial charge is 0.507 e. The average Bonchev–Trinajstić information content (AvgIpc) is 2.45. The smallest absolute Gasteiger partial charge is 0.166 e. The fraction of sp³-hybridized carbons (Fsp3) is 0.188. The number of ketones is 1. The van der Waals surface area contributed by atoms with Crippen molar-refractivity contribution in [3.63, 3.8) is 0 Å². The van der Waals surface area contributed by atoms with Gasteiger partial charge in [0.1, 0.15) is 11.5 Å². The number of rotatable bonds is 5. The van der Waals surface area contributed by atoms with Crippen LogP contribution in [0.1, 0.15) is 22.3 Å². The standard InChI is InChI=1S/C16H15IO3/c1-20-16-9-7-12(17)10-11(16)6-8-15(19)13-4-2-3-5-14(13)18/h2-5,7,9-10,18H,6,8H2,1H3. The van der Waals surface area contributed by atoms with Crippen LogP contribution < -0.4 is 4.74 Å². The summed E-state index contributed by atoms with van der Waals surface area (Å²) in [6.45, 7) is 0. The third-order valence-electron chi connectivity index (χ3n) is 3.07. The van der Waals surface area contributed by atoms with Crippen LogP contribution in [-0.4, -0.2) is 18.0 Å². The van der Waals surface area contributed by atoms with E-state index in [4.69, 9.17) is 4.74 Å². The first-order chi connectivity index (χ1) is 9.61. The molecule has 0 spiro atoms. The molecule has 0 aliphatic heterocycles. The molecule has 0 saturated carbocycles. The fourth-order valence-corrected chi connectivity index (χ4v) is 2.59. The van der Waals surface area contributed by atoms with Gasteiger partial charge in [0.2, 0.25) is 0 Å². The molecule has 0 saturated heterocycles. The lowest BCUT2D eigenvalue weighted by molar-refractivity contribution is 0.0980. The summed E-state index contributed by atoms with van der Waals surface area (Å²) in [6.07, 6.45) is 0.932. The van der Waals surface area contributed by atoms with E-state index in [1.807, 2.05) is 18.2 Å². The maximum Gasteiger partial charge on any atom is 0.166 e. The number of hydrogen-bond donors (Lipinski definition) is 1. The van der Waals surface area contributed by atoms with Gasteiger partial charge in [0.25, 0.3) is 0 Å². The molecule has 1 N–H and O–H groups in total. The number of halogens is 1. The Kier molecular flexibility index (Phi) is 5.00. The van der Waals surface area contributed by atoms with Crippen molar-refractivity contribution >= 4 is 28.4 Å². The fourth-order valence-electron chi connectivity index (χ4n) is 2.03. The van der Waals surface area contributed by atoms with Gasteiger partial charge in [-0.05, 0) is 64.9 Å². The van der Waals surface area contributed by atoms with E-state index in [0.717, 1.165) is 14.9 Å². The Hall–Kier alpha value is -1.56. The molecule has 0 radical (unpaired) electrons. The number of hydrogen-bond acceptors (Lipinski definition) is 3. The summed E-state index contributed by atoms with van der Waals surface area (Å²) in [7, 11) is 1.62. The Balaban J connectivity index is 2.11. The molecule has 0 heterocycles. The van der Waals surface area contributed by atoms with Crippen LogP contribution >= 0.6 is 22.6 Å². The normalized spacial score (nSPS) is 10.3. The number of aromatic hydroxyl groups is 1. The SMILES string of the molecule is COc1ccc(I)cc1CCC(=O)c1ccccc1O. The molecule has 0 amide bonds. The Bertz CT molecular complexity index is 623. The minimum atomic E-state index is -0.0657. The first-order valence-electron chi connectivity index (χ1n) is 6.25. The quantitative estimate of drug-likeness (QED) is 0.632. The monoisotopic (exact) mass is 382 g/mol. The van der Waals surface area contributed by atoms with Gasteiger partial charge >= 0.3 is 0 Å². The summed E-state index contributed by atoms with van der Waals surface area (Å²) in [4.78, 5) is 12.1. The van der Waals surface area contributed by atoms with Gasteiger partial charge in [-0.2, -0.15) is 0 Å². The molecular formula is C16H15IO3. The molecule has 2 rings (SSSR count). The highest BCUT2D eigenvalue weighted by Crippen LogP contribution is 2.24. The van der Waals surface area contributed by atoms with Crippen molar-refractivity contribution in [2.45, 2.75) is 12.8 Å². The van der Waals surface area contributed by atoms with E-state index in [9.17, 15) is 9.90 Å². The van der Waals surface area contributed by atoms with Crippen LogP contribution in [0, 0.1) is 3.57 Å². The Morgan fingerprint density at radius 1 is 1.25 bits per heavy atom. The first-order valence-corrected chi connectivity index (χ1v) is 7.33. The van der Waals surface area contributed by atoms with Crippen molar-refractivity contribution < 1.29 is 14.6 Å². The molecule has 0 aliphatic carbocycles. The van der Waals surface area contributed by atoms with E-state index >= 15 is 0 Å². The number of carbonyl (C=O) groups is 1. The molecule has 0 fully saturated rings. The maximum absolute atomic E-state index is 12.1. The van der Waals surface area contributed by atoms with E-state index in [0.29, 0.717) is 18.4 Å². The molecular weight excluding hydrogens is 367 g/mol. The van der Waals surface area contributed by atoms with Gasteiger partial charge in [-0.15, -0.1) is 0 Å². The Morgan fingerprint density at radius 3 is 2.70 bits per heavy atom. The van der Waals surface area contributed by atoms with Gasteiger partial charge in [-0.3, -0.25) is 4.79 Å². The average molecular weight is 382 g/mol. The van der Waals surface area contributed by atoms with E-state index in [1.165, 1.54) is 6.07 Å². The molecule has 0 unspecified atom stereocenters. The van der Waals surface area contributed by atoms with Crippen molar-refractivity contribution in [1.29, 1.82) is 0 Å². The second kappa shape index (κ2) is 6.74. The summed E-state index contributed by atoms with van der Waals surface area (Å²) < 4.78 is 6.40. The molecule has 2 aromatic carbocycles. The highest BCUT2D eigenvalue weighted by molar-refractivity contribution is 14.1. The number of Topliss-reactive ketones (excluding diaryl/α,β-unsaturated/α-hetero) is 1.